The van der Waals surface area contributed by atoms with Crippen molar-refractivity contribution in [2.24, 2.45) is 11.7 Å². The van der Waals surface area contributed by atoms with Gasteiger partial charge in [-0.05, 0) is 49.6 Å². The number of nitrogens with zero attached hydrogens (tertiary/aromatic N) is 2. The Labute approximate surface area is 154 Å². The zero-order chi connectivity index (χ0) is 15.4. The van der Waals surface area contributed by atoms with E-state index in [1.165, 1.54) is 12.8 Å². The predicted octanol–water partition coefficient (Wildman–Crippen LogP) is 2.96. The number of carbonyl (C=O) groups is 1. The van der Waals surface area contributed by atoms with E-state index in [1.54, 1.807) is 12.5 Å². The van der Waals surface area contributed by atoms with Crippen LogP contribution < -0.4 is 11.1 Å². The summed E-state index contributed by atoms with van der Waals surface area (Å²) in [6.45, 7) is 0.643. The number of nitrogens with two attached hydrogens (primary N) is 1. The lowest BCUT2D eigenvalue weighted by molar-refractivity contribution is 0.0908. The number of amides is 1. The topological polar surface area (TPSA) is 72.9 Å². The SMILES string of the molecule is Cl.Cl.NCC1CCCCC1NC(=O)c1ccc(-n2ccnc2)cc1. The first kappa shape index (κ1) is 20.5. The second-order valence-electron chi connectivity index (χ2n) is 5.88. The molecule has 2 unspecified atom stereocenters. The molecule has 1 fully saturated rings. The molecule has 0 bridgehead atoms. The zero-order valence-electron chi connectivity index (χ0n) is 13.4. The van der Waals surface area contributed by atoms with E-state index >= 15 is 0 Å². The van der Waals surface area contributed by atoms with Crippen molar-refractivity contribution in [1.29, 1.82) is 0 Å². The van der Waals surface area contributed by atoms with Crippen LogP contribution in [0, 0.1) is 5.92 Å². The summed E-state index contributed by atoms with van der Waals surface area (Å²) in [4.78, 5) is 16.4. The van der Waals surface area contributed by atoms with Crippen LogP contribution in [0.3, 0.4) is 0 Å². The van der Waals surface area contributed by atoms with E-state index in [-0.39, 0.29) is 36.8 Å². The van der Waals surface area contributed by atoms with Crippen molar-refractivity contribution in [1.82, 2.24) is 14.9 Å². The molecule has 0 spiro atoms. The lowest BCUT2D eigenvalue weighted by atomic mass is 9.84. The summed E-state index contributed by atoms with van der Waals surface area (Å²) in [6.07, 6.45) is 9.87. The number of benzene rings is 1. The minimum absolute atomic E-state index is 0. The Bertz CT molecular complexity index is 616. The van der Waals surface area contributed by atoms with Crippen molar-refractivity contribution < 1.29 is 4.79 Å². The highest BCUT2D eigenvalue weighted by molar-refractivity contribution is 5.94. The van der Waals surface area contributed by atoms with Gasteiger partial charge in [0.05, 0.1) is 6.33 Å². The summed E-state index contributed by atoms with van der Waals surface area (Å²) < 4.78 is 1.91. The molecule has 1 aromatic heterocycles. The fourth-order valence-electron chi connectivity index (χ4n) is 3.13. The lowest BCUT2D eigenvalue weighted by Gasteiger charge is -2.31. The van der Waals surface area contributed by atoms with Gasteiger partial charge in [0.2, 0.25) is 0 Å². The molecule has 2 aromatic rings. The molecule has 3 rings (SSSR count). The van der Waals surface area contributed by atoms with Crippen molar-refractivity contribution >= 4 is 30.7 Å². The van der Waals surface area contributed by atoms with Crippen LogP contribution in [-0.2, 0) is 0 Å². The van der Waals surface area contributed by atoms with Crippen LogP contribution in [0.1, 0.15) is 36.0 Å². The highest BCUT2D eigenvalue weighted by atomic mass is 35.5. The van der Waals surface area contributed by atoms with Crippen LogP contribution in [-0.4, -0.2) is 28.0 Å². The molecule has 1 amide bonds. The molecule has 1 saturated carbocycles. The van der Waals surface area contributed by atoms with E-state index in [9.17, 15) is 4.79 Å². The largest absolute Gasteiger partial charge is 0.349 e. The Kier molecular flexibility index (Phi) is 8.25. The summed E-state index contributed by atoms with van der Waals surface area (Å²) in [5.74, 6) is 0.394. The van der Waals surface area contributed by atoms with Crippen LogP contribution in [0.5, 0.6) is 0 Å². The van der Waals surface area contributed by atoms with Gasteiger partial charge in [-0.3, -0.25) is 4.79 Å². The minimum Gasteiger partial charge on any atom is -0.349 e. The fourth-order valence-corrected chi connectivity index (χ4v) is 3.13. The molecule has 1 aromatic carbocycles. The molecule has 0 radical (unpaired) electrons. The molecule has 1 aliphatic carbocycles. The molecule has 3 N–H and O–H groups in total. The maximum Gasteiger partial charge on any atom is 0.251 e. The molecule has 0 saturated heterocycles. The van der Waals surface area contributed by atoms with Gasteiger partial charge in [0.25, 0.3) is 5.91 Å². The average Bonchev–Trinajstić information content (AvgIpc) is 3.10. The highest BCUT2D eigenvalue weighted by Gasteiger charge is 2.25. The van der Waals surface area contributed by atoms with Gasteiger partial charge < -0.3 is 15.6 Å². The number of carbonyl (C=O) groups excluding carboxylic acids is 1. The van der Waals surface area contributed by atoms with Crippen LogP contribution in [0.15, 0.2) is 43.0 Å². The van der Waals surface area contributed by atoms with Gasteiger partial charge in [0.1, 0.15) is 0 Å². The lowest BCUT2D eigenvalue weighted by Crippen LogP contribution is -2.44. The normalized spacial score (nSPS) is 19.7. The molecule has 2 atom stereocenters. The third-order valence-electron chi connectivity index (χ3n) is 4.46. The number of hydrogen-bond acceptors (Lipinski definition) is 3. The maximum absolute atomic E-state index is 12.4. The maximum atomic E-state index is 12.4. The van der Waals surface area contributed by atoms with E-state index < -0.39 is 0 Å². The first-order valence-corrected chi connectivity index (χ1v) is 7.87. The monoisotopic (exact) mass is 370 g/mol. The second kappa shape index (κ2) is 9.67. The van der Waals surface area contributed by atoms with Crippen molar-refractivity contribution in [3.8, 4) is 5.69 Å². The summed E-state index contributed by atoms with van der Waals surface area (Å²) >= 11 is 0. The molecule has 5 nitrogen and oxygen atoms in total. The van der Waals surface area contributed by atoms with E-state index in [0.717, 1.165) is 18.5 Å². The first-order valence-electron chi connectivity index (χ1n) is 7.87. The number of hydrogen-bond donors (Lipinski definition) is 2. The quantitative estimate of drug-likeness (QED) is 0.868. The third-order valence-corrected chi connectivity index (χ3v) is 4.46. The van der Waals surface area contributed by atoms with Crippen LogP contribution in [0.4, 0.5) is 0 Å². The number of halogens is 2. The first-order chi connectivity index (χ1) is 10.8. The zero-order valence-corrected chi connectivity index (χ0v) is 15.1. The molecular formula is C17H24Cl2N4O. The molecular weight excluding hydrogens is 347 g/mol. The second-order valence-corrected chi connectivity index (χ2v) is 5.88. The standard InChI is InChI=1S/C17H22N4O.2ClH/c18-11-14-3-1-2-4-16(14)20-17(22)13-5-7-15(8-6-13)21-10-9-19-12-21;;/h5-10,12,14,16H,1-4,11,18H2,(H,20,22);2*1H. The Morgan fingerprint density at radius 1 is 1.21 bits per heavy atom. The number of aromatic nitrogens is 2. The average molecular weight is 371 g/mol. The van der Waals surface area contributed by atoms with Crippen LogP contribution in [0.25, 0.3) is 5.69 Å². The molecule has 7 heteroatoms. The van der Waals surface area contributed by atoms with Gasteiger partial charge in [-0.25, -0.2) is 4.98 Å². The summed E-state index contributed by atoms with van der Waals surface area (Å²) in [5.41, 5.74) is 7.50. The molecule has 24 heavy (non-hydrogen) atoms. The predicted molar refractivity (Wildman–Crippen MR) is 100 cm³/mol. The van der Waals surface area contributed by atoms with Crippen molar-refractivity contribution in [3.63, 3.8) is 0 Å². The summed E-state index contributed by atoms with van der Waals surface area (Å²) in [7, 11) is 0. The number of imidazole rings is 1. The van der Waals surface area contributed by atoms with E-state index in [2.05, 4.69) is 10.3 Å². The molecule has 132 valence electrons. The van der Waals surface area contributed by atoms with Gasteiger partial charge in [-0.15, -0.1) is 24.8 Å². The van der Waals surface area contributed by atoms with Gasteiger partial charge in [-0.2, -0.15) is 0 Å². The van der Waals surface area contributed by atoms with Gasteiger partial charge in [0.15, 0.2) is 0 Å². The fraction of sp³-hybridized carbons (Fsp3) is 0.412. The van der Waals surface area contributed by atoms with Crippen molar-refractivity contribution in [2.75, 3.05) is 6.54 Å². The van der Waals surface area contributed by atoms with E-state index in [1.807, 2.05) is 35.0 Å². The third kappa shape index (κ3) is 4.72. The number of nitrogens with one attached hydrogen (secondary N) is 1. The molecule has 0 aliphatic heterocycles. The van der Waals surface area contributed by atoms with Gasteiger partial charge in [-0.1, -0.05) is 12.8 Å². The van der Waals surface area contributed by atoms with Gasteiger partial charge >= 0.3 is 0 Å². The Morgan fingerprint density at radius 2 is 1.92 bits per heavy atom. The minimum atomic E-state index is -0.0115. The Hall–Kier alpha value is -1.56. The molecule has 1 aliphatic rings. The van der Waals surface area contributed by atoms with Crippen molar-refractivity contribution in [3.05, 3.63) is 48.5 Å². The van der Waals surface area contributed by atoms with Crippen molar-refractivity contribution in [2.45, 2.75) is 31.7 Å². The van der Waals surface area contributed by atoms with Crippen LogP contribution >= 0.6 is 24.8 Å². The number of rotatable bonds is 4. The Balaban J connectivity index is 0.00000144. The van der Waals surface area contributed by atoms with E-state index in [4.69, 9.17) is 5.73 Å². The molecule has 1 heterocycles. The summed E-state index contributed by atoms with van der Waals surface area (Å²) in [6, 6.07) is 7.77. The van der Waals surface area contributed by atoms with Gasteiger partial charge in [0, 0.05) is 29.7 Å². The summed E-state index contributed by atoms with van der Waals surface area (Å²) in [5, 5.41) is 3.15. The van der Waals surface area contributed by atoms with E-state index in [0.29, 0.717) is 18.0 Å². The smallest absolute Gasteiger partial charge is 0.251 e. The van der Waals surface area contributed by atoms with Crippen LogP contribution in [0.2, 0.25) is 0 Å². The highest BCUT2D eigenvalue weighted by Crippen LogP contribution is 2.23. The Morgan fingerprint density at radius 3 is 2.54 bits per heavy atom.